The summed E-state index contributed by atoms with van der Waals surface area (Å²) in [4.78, 5) is 15.8. The van der Waals surface area contributed by atoms with Gasteiger partial charge in [-0.3, -0.25) is 0 Å². The Bertz CT molecular complexity index is 716. The van der Waals surface area contributed by atoms with Crippen LogP contribution in [0.3, 0.4) is 0 Å². The van der Waals surface area contributed by atoms with Gasteiger partial charge in [0.05, 0.1) is 24.8 Å². The minimum absolute atomic E-state index is 0.241. The standard InChI is InChI=1S/C13H11N3O3/c1-2-19-13(17)10-7-12-14-5-3-11(16(12)15-10)9-4-6-18-8-9/h3-8H,2H2,1H3. The van der Waals surface area contributed by atoms with Gasteiger partial charge in [-0.1, -0.05) is 0 Å². The van der Waals surface area contributed by atoms with E-state index in [0.717, 1.165) is 11.3 Å². The maximum absolute atomic E-state index is 11.7. The zero-order chi connectivity index (χ0) is 13.2. The number of rotatable bonds is 3. The summed E-state index contributed by atoms with van der Waals surface area (Å²) in [5.74, 6) is -0.453. The topological polar surface area (TPSA) is 69.6 Å². The lowest BCUT2D eigenvalue weighted by atomic mass is 10.2. The zero-order valence-electron chi connectivity index (χ0n) is 10.2. The lowest BCUT2D eigenvalue weighted by molar-refractivity contribution is 0.0519. The maximum atomic E-state index is 11.7. The van der Waals surface area contributed by atoms with E-state index >= 15 is 0 Å². The van der Waals surface area contributed by atoms with Crippen LogP contribution in [-0.2, 0) is 4.74 Å². The number of hydrogen-bond donors (Lipinski definition) is 0. The highest BCUT2D eigenvalue weighted by molar-refractivity contribution is 5.88. The van der Waals surface area contributed by atoms with Crippen LogP contribution in [0.25, 0.3) is 16.9 Å². The summed E-state index contributed by atoms with van der Waals surface area (Å²) < 4.78 is 11.6. The van der Waals surface area contributed by atoms with Crippen molar-refractivity contribution in [1.82, 2.24) is 14.6 Å². The maximum Gasteiger partial charge on any atom is 0.358 e. The van der Waals surface area contributed by atoms with Crippen LogP contribution >= 0.6 is 0 Å². The predicted molar refractivity (Wildman–Crippen MR) is 66.6 cm³/mol. The molecule has 6 heteroatoms. The van der Waals surface area contributed by atoms with Gasteiger partial charge in [-0.25, -0.2) is 14.3 Å². The number of furan rings is 1. The quantitative estimate of drug-likeness (QED) is 0.672. The summed E-state index contributed by atoms with van der Waals surface area (Å²) in [5.41, 5.74) is 2.49. The van der Waals surface area contributed by atoms with Gasteiger partial charge in [0.25, 0.3) is 0 Å². The Hall–Kier alpha value is -2.63. The average Bonchev–Trinajstić information content (AvgIpc) is 3.07. The molecule has 6 nitrogen and oxygen atoms in total. The molecule has 0 aliphatic heterocycles. The second kappa shape index (κ2) is 4.56. The minimum Gasteiger partial charge on any atom is -0.472 e. The molecular formula is C13H11N3O3. The Morgan fingerprint density at radius 1 is 1.47 bits per heavy atom. The van der Waals surface area contributed by atoms with Crippen molar-refractivity contribution < 1.29 is 13.9 Å². The third kappa shape index (κ3) is 1.97. The first-order chi connectivity index (χ1) is 9.29. The lowest BCUT2D eigenvalue weighted by Gasteiger charge is -2.00. The summed E-state index contributed by atoms with van der Waals surface area (Å²) >= 11 is 0. The summed E-state index contributed by atoms with van der Waals surface area (Å²) in [5, 5.41) is 4.23. The van der Waals surface area contributed by atoms with Crippen molar-refractivity contribution in [3.63, 3.8) is 0 Å². The van der Waals surface area contributed by atoms with Crippen LogP contribution in [0, 0.1) is 0 Å². The molecule has 0 amide bonds. The molecule has 3 aromatic heterocycles. The van der Waals surface area contributed by atoms with Crippen molar-refractivity contribution in [3.8, 4) is 11.3 Å². The highest BCUT2D eigenvalue weighted by Crippen LogP contribution is 2.20. The molecule has 0 bridgehead atoms. The molecule has 0 unspecified atom stereocenters. The number of aromatic nitrogens is 3. The molecule has 0 aromatic carbocycles. The van der Waals surface area contributed by atoms with Crippen molar-refractivity contribution in [1.29, 1.82) is 0 Å². The third-order valence-electron chi connectivity index (χ3n) is 2.66. The van der Waals surface area contributed by atoms with E-state index in [2.05, 4.69) is 10.1 Å². The van der Waals surface area contributed by atoms with Crippen LogP contribution in [0.1, 0.15) is 17.4 Å². The fourth-order valence-corrected chi connectivity index (χ4v) is 1.83. The highest BCUT2D eigenvalue weighted by atomic mass is 16.5. The van der Waals surface area contributed by atoms with Crippen molar-refractivity contribution >= 4 is 11.6 Å². The number of nitrogens with zero attached hydrogens (tertiary/aromatic N) is 3. The number of carbonyl (C=O) groups is 1. The molecule has 3 heterocycles. The SMILES string of the molecule is CCOC(=O)c1cc2nccc(-c3ccoc3)n2n1. The van der Waals surface area contributed by atoms with Crippen molar-refractivity contribution in [2.45, 2.75) is 6.92 Å². The Morgan fingerprint density at radius 2 is 2.37 bits per heavy atom. The molecule has 3 aromatic rings. The molecule has 0 spiro atoms. The molecule has 0 saturated heterocycles. The molecule has 19 heavy (non-hydrogen) atoms. The van der Waals surface area contributed by atoms with Gasteiger partial charge < -0.3 is 9.15 Å². The van der Waals surface area contributed by atoms with Crippen LogP contribution in [0.15, 0.2) is 41.3 Å². The Balaban J connectivity index is 2.13. The van der Waals surface area contributed by atoms with Crippen LogP contribution in [0.4, 0.5) is 0 Å². The van der Waals surface area contributed by atoms with Gasteiger partial charge in [0.15, 0.2) is 11.3 Å². The molecule has 0 aliphatic carbocycles. The first-order valence-corrected chi connectivity index (χ1v) is 5.84. The highest BCUT2D eigenvalue weighted by Gasteiger charge is 2.14. The first kappa shape index (κ1) is 11.5. The van der Waals surface area contributed by atoms with E-state index in [1.54, 1.807) is 42.3 Å². The Labute approximate surface area is 108 Å². The second-order valence-corrected chi connectivity index (χ2v) is 3.86. The number of fused-ring (bicyclic) bond motifs is 1. The van der Waals surface area contributed by atoms with E-state index in [4.69, 9.17) is 9.15 Å². The molecule has 0 fully saturated rings. The molecule has 0 radical (unpaired) electrons. The summed E-state index contributed by atoms with van der Waals surface area (Å²) in [6.07, 6.45) is 4.85. The molecule has 96 valence electrons. The molecular weight excluding hydrogens is 246 g/mol. The monoisotopic (exact) mass is 257 g/mol. The fourth-order valence-electron chi connectivity index (χ4n) is 1.83. The number of esters is 1. The molecule has 0 atom stereocenters. The summed E-state index contributed by atoms with van der Waals surface area (Å²) in [6.45, 7) is 2.07. The second-order valence-electron chi connectivity index (χ2n) is 3.86. The summed E-state index contributed by atoms with van der Waals surface area (Å²) in [7, 11) is 0. The van der Waals surface area contributed by atoms with E-state index in [9.17, 15) is 4.79 Å². The summed E-state index contributed by atoms with van der Waals surface area (Å²) in [6, 6.07) is 5.22. The van der Waals surface area contributed by atoms with Crippen molar-refractivity contribution in [2.24, 2.45) is 0 Å². The van der Waals surface area contributed by atoms with Gasteiger partial charge in [0.1, 0.15) is 0 Å². The smallest absolute Gasteiger partial charge is 0.358 e. The Morgan fingerprint density at radius 3 is 3.11 bits per heavy atom. The predicted octanol–water partition coefficient (Wildman–Crippen LogP) is 2.17. The normalized spacial score (nSPS) is 10.8. The van der Waals surface area contributed by atoms with Crippen LogP contribution in [0.5, 0.6) is 0 Å². The number of hydrogen-bond acceptors (Lipinski definition) is 5. The van der Waals surface area contributed by atoms with Crippen LogP contribution in [-0.4, -0.2) is 27.2 Å². The van der Waals surface area contributed by atoms with Crippen molar-refractivity contribution in [3.05, 3.63) is 42.6 Å². The van der Waals surface area contributed by atoms with E-state index in [-0.39, 0.29) is 5.69 Å². The van der Waals surface area contributed by atoms with E-state index < -0.39 is 5.97 Å². The average molecular weight is 257 g/mol. The molecule has 3 rings (SSSR count). The van der Waals surface area contributed by atoms with Gasteiger partial charge in [0, 0.05) is 17.8 Å². The molecule has 0 saturated carbocycles. The van der Waals surface area contributed by atoms with Gasteiger partial charge >= 0.3 is 5.97 Å². The van der Waals surface area contributed by atoms with Crippen LogP contribution in [0.2, 0.25) is 0 Å². The minimum atomic E-state index is -0.453. The van der Waals surface area contributed by atoms with E-state index in [0.29, 0.717) is 12.3 Å². The zero-order valence-corrected chi connectivity index (χ0v) is 10.2. The third-order valence-corrected chi connectivity index (χ3v) is 2.66. The van der Waals surface area contributed by atoms with Gasteiger partial charge in [-0.05, 0) is 19.1 Å². The largest absolute Gasteiger partial charge is 0.472 e. The van der Waals surface area contributed by atoms with Gasteiger partial charge in [-0.15, -0.1) is 0 Å². The number of carbonyl (C=O) groups excluding carboxylic acids is 1. The molecule has 0 aliphatic rings. The van der Waals surface area contributed by atoms with Crippen LogP contribution < -0.4 is 0 Å². The van der Waals surface area contributed by atoms with Gasteiger partial charge in [0.2, 0.25) is 0 Å². The lowest BCUT2D eigenvalue weighted by Crippen LogP contribution is -2.05. The first-order valence-electron chi connectivity index (χ1n) is 5.84. The van der Waals surface area contributed by atoms with E-state index in [1.165, 1.54) is 0 Å². The van der Waals surface area contributed by atoms with Crippen molar-refractivity contribution in [2.75, 3.05) is 6.61 Å². The Kier molecular flexibility index (Phi) is 2.75. The number of ether oxygens (including phenoxy) is 1. The van der Waals surface area contributed by atoms with E-state index in [1.807, 2.05) is 6.07 Å². The molecule has 0 N–H and O–H groups in total. The fraction of sp³-hybridized carbons (Fsp3) is 0.154. The van der Waals surface area contributed by atoms with Gasteiger partial charge in [-0.2, -0.15) is 5.10 Å².